The molecule has 1 aliphatic carbocycles. The quantitative estimate of drug-likeness (QED) is 0.585. The van der Waals surface area contributed by atoms with E-state index in [9.17, 15) is 0 Å². The van der Waals surface area contributed by atoms with Crippen LogP contribution in [0.4, 0.5) is 0 Å². The van der Waals surface area contributed by atoms with E-state index in [2.05, 4.69) is 26.8 Å². The van der Waals surface area contributed by atoms with Crippen LogP contribution >= 0.6 is 0 Å². The standard InChI is InChI=1S/C11H19N/c1-8(2)11-5-4-9(3)6-10(11)7-12/h8-11H,4-6H2,1-3H3/t9-,10+,11-/m1/s1. The van der Waals surface area contributed by atoms with Gasteiger partial charge in [0.2, 0.25) is 0 Å². The van der Waals surface area contributed by atoms with E-state index >= 15 is 0 Å². The predicted octanol–water partition coefficient (Wildman–Crippen LogP) is 3.22. The molecule has 0 spiro atoms. The van der Waals surface area contributed by atoms with Gasteiger partial charge < -0.3 is 0 Å². The summed E-state index contributed by atoms with van der Waals surface area (Å²) >= 11 is 0. The molecule has 1 rings (SSSR count). The van der Waals surface area contributed by atoms with Gasteiger partial charge in [0.05, 0.1) is 6.07 Å². The largest absolute Gasteiger partial charge is 0.198 e. The molecule has 0 unspecified atom stereocenters. The lowest BCUT2D eigenvalue weighted by Gasteiger charge is -2.33. The smallest absolute Gasteiger partial charge is 0.0658 e. The van der Waals surface area contributed by atoms with Gasteiger partial charge in [-0.05, 0) is 30.6 Å². The number of hydrogen-bond acceptors (Lipinski definition) is 1. The fourth-order valence-corrected chi connectivity index (χ4v) is 2.35. The molecule has 1 aliphatic rings. The Morgan fingerprint density at radius 1 is 1.33 bits per heavy atom. The van der Waals surface area contributed by atoms with Crippen molar-refractivity contribution in [3.8, 4) is 6.07 Å². The second kappa shape index (κ2) is 3.94. The van der Waals surface area contributed by atoms with Crippen molar-refractivity contribution in [1.29, 1.82) is 5.26 Å². The molecule has 1 saturated carbocycles. The van der Waals surface area contributed by atoms with Crippen LogP contribution in [0.2, 0.25) is 0 Å². The van der Waals surface area contributed by atoms with E-state index < -0.39 is 0 Å². The zero-order valence-electron chi connectivity index (χ0n) is 8.38. The van der Waals surface area contributed by atoms with Crippen molar-refractivity contribution in [2.75, 3.05) is 0 Å². The third-order valence-corrected chi connectivity index (χ3v) is 3.19. The molecule has 1 heteroatoms. The van der Waals surface area contributed by atoms with Crippen molar-refractivity contribution < 1.29 is 0 Å². The van der Waals surface area contributed by atoms with Crippen molar-refractivity contribution >= 4 is 0 Å². The first-order chi connectivity index (χ1) is 5.65. The number of nitriles is 1. The maximum atomic E-state index is 8.98. The molecule has 0 heterocycles. The Labute approximate surface area is 75.8 Å². The first-order valence-corrected chi connectivity index (χ1v) is 5.04. The molecule has 0 aromatic carbocycles. The highest BCUT2D eigenvalue weighted by Crippen LogP contribution is 2.37. The monoisotopic (exact) mass is 165 g/mol. The van der Waals surface area contributed by atoms with E-state index in [-0.39, 0.29) is 0 Å². The molecule has 0 radical (unpaired) electrons. The summed E-state index contributed by atoms with van der Waals surface area (Å²) < 4.78 is 0. The minimum Gasteiger partial charge on any atom is -0.198 e. The van der Waals surface area contributed by atoms with Crippen molar-refractivity contribution in [3.05, 3.63) is 0 Å². The van der Waals surface area contributed by atoms with E-state index in [1.54, 1.807) is 0 Å². The molecule has 0 aliphatic heterocycles. The summed E-state index contributed by atoms with van der Waals surface area (Å²) in [5, 5.41) is 8.98. The summed E-state index contributed by atoms with van der Waals surface area (Å²) in [6, 6.07) is 2.47. The summed E-state index contributed by atoms with van der Waals surface area (Å²) in [5.41, 5.74) is 0. The Morgan fingerprint density at radius 2 is 2.00 bits per heavy atom. The van der Waals surface area contributed by atoms with Crippen molar-refractivity contribution in [3.63, 3.8) is 0 Å². The predicted molar refractivity (Wildman–Crippen MR) is 50.4 cm³/mol. The Hall–Kier alpha value is -0.510. The van der Waals surface area contributed by atoms with E-state index in [1.165, 1.54) is 12.8 Å². The Morgan fingerprint density at radius 3 is 2.50 bits per heavy atom. The van der Waals surface area contributed by atoms with Gasteiger partial charge in [0.25, 0.3) is 0 Å². The normalized spacial score (nSPS) is 36.4. The Kier molecular flexibility index (Phi) is 3.14. The average Bonchev–Trinajstić information content (AvgIpc) is 2.03. The van der Waals surface area contributed by atoms with Gasteiger partial charge in [-0.3, -0.25) is 0 Å². The fraction of sp³-hybridized carbons (Fsp3) is 0.909. The van der Waals surface area contributed by atoms with Crippen LogP contribution in [-0.4, -0.2) is 0 Å². The second-order valence-corrected chi connectivity index (χ2v) is 4.56. The molecule has 0 N–H and O–H groups in total. The summed E-state index contributed by atoms with van der Waals surface area (Å²) in [4.78, 5) is 0. The first kappa shape index (κ1) is 9.58. The van der Waals surface area contributed by atoms with Gasteiger partial charge >= 0.3 is 0 Å². The highest BCUT2D eigenvalue weighted by molar-refractivity contribution is 4.93. The van der Waals surface area contributed by atoms with Gasteiger partial charge in [0, 0.05) is 5.92 Å². The van der Waals surface area contributed by atoms with E-state index in [0.717, 1.165) is 12.3 Å². The van der Waals surface area contributed by atoms with Gasteiger partial charge in [-0.15, -0.1) is 0 Å². The van der Waals surface area contributed by atoms with E-state index in [0.29, 0.717) is 17.8 Å². The van der Waals surface area contributed by atoms with Crippen LogP contribution in [0.3, 0.4) is 0 Å². The van der Waals surface area contributed by atoms with Crippen LogP contribution in [0.15, 0.2) is 0 Å². The Bertz CT molecular complexity index is 178. The van der Waals surface area contributed by atoms with Crippen LogP contribution in [0.5, 0.6) is 0 Å². The SMILES string of the molecule is CC(C)[C@H]1CC[C@@H](C)C[C@H]1C#N. The molecule has 0 amide bonds. The molecular weight excluding hydrogens is 146 g/mol. The molecule has 0 aromatic heterocycles. The summed E-state index contributed by atoms with van der Waals surface area (Å²) in [6.07, 6.45) is 3.71. The molecule has 0 aromatic rings. The molecule has 1 nitrogen and oxygen atoms in total. The summed E-state index contributed by atoms with van der Waals surface area (Å²) in [5.74, 6) is 2.44. The molecule has 1 fully saturated rings. The van der Waals surface area contributed by atoms with Crippen molar-refractivity contribution in [2.45, 2.75) is 40.0 Å². The summed E-state index contributed by atoms with van der Waals surface area (Å²) in [6.45, 7) is 6.75. The maximum Gasteiger partial charge on any atom is 0.0658 e. The third-order valence-electron chi connectivity index (χ3n) is 3.19. The first-order valence-electron chi connectivity index (χ1n) is 5.04. The lowest BCUT2D eigenvalue weighted by atomic mass is 9.71. The van der Waals surface area contributed by atoms with Gasteiger partial charge in [-0.1, -0.05) is 27.2 Å². The van der Waals surface area contributed by atoms with Crippen LogP contribution in [-0.2, 0) is 0 Å². The zero-order chi connectivity index (χ0) is 9.14. The topological polar surface area (TPSA) is 23.8 Å². The lowest BCUT2D eigenvalue weighted by molar-refractivity contribution is 0.183. The van der Waals surface area contributed by atoms with Gasteiger partial charge in [0.1, 0.15) is 0 Å². The molecule has 0 bridgehead atoms. The second-order valence-electron chi connectivity index (χ2n) is 4.56. The highest BCUT2D eigenvalue weighted by Gasteiger charge is 2.30. The van der Waals surface area contributed by atoms with Gasteiger partial charge in [-0.2, -0.15) is 5.26 Å². The van der Waals surface area contributed by atoms with Crippen LogP contribution in [0.25, 0.3) is 0 Å². The minimum atomic E-state index is 0.328. The lowest BCUT2D eigenvalue weighted by Crippen LogP contribution is -2.26. The van der Waals surface area contributed by atoms with Crippen LogP contribution in [0, 0.1) is 35.0 Å². The molecular formula is C11H19N. The van der Waals surface area contributed by atoms with Gasteiger partial charge in [-0.25, -0.2) is 0 Å². The minimum absolute atomic E-state index is 0.328. The number of nitrogens with zero attached hydrogens (tertiary/aromatic N) is 1. The molecule has 0 saturated heterocycles. The number of hydrogen-bond donors (Lipinski definition) is 0. The zero-order valence-corrected chi connectivity index (χ0v) is 8.38. The molecule has 68 valence electrons. The van der Waals surface area contributed by atoms with E-state index in [1.807, 2.05) is 0 Å². The third kappa shape index (κ3) is 2.00. The maximum absolute atomic E-state index is 8.98. The average molecular weight is 165 g/mol. The highest BCUT2D eigenvalue weighted by atomic mass is 14.4. The fourth-order valence-electron chi connectivity index (χ4n) is 2.35. The summed E-state index contributed by atoms with van der Waals surface area (Å²) in [7, 11) is 0. The Balaban J connectivity index is 2.58. The van der Waals surface area contributed by atoms with Crippen molar-refractivity contribution in [1.82, 2.24) is 0 Å². The van der Waals surface area contributed by atoms with Crippen LogP contribution < -0.4 is 0 Å². The van der Waals surface area contributed by atoms with Gasteiger partial charge in [0.15, 0.2) is 0 Å². The van der Waals surface area contributed by atoms with Crippen LogP contribution in [0.1, 0.15) is 40.0 Å². The number of rotatable bonds is 1. The molecule has 12 heavy (non-hydrogen) atoms. The van der Waals surface area contributed by atoms with E-state index in [4.69, 9.17) is 5.26 Å². The van der Waals surface area contributed by atoms with Crippen molar-refractivity contribution in [2.24, 2.45) is 23.7 Å². The molecule has 3 atom stereocenters.